The van der Waals surface area contributed by atoms with Crippen molar-refractivity contribution >= 4 is 66.5 Å². The van der Waals surface area contributed by atoms with E-state index in [2.05, 4.69) is 330 Å². The molecule has 0 spiro atoms. The topological polar surface area (TPSA) is 12.5 Å². The predicted molar refractivity (Wildman–Crippen MR) is 355 cm³/mol. The van der Waals surface area contributed by atoms with Gasteiger partial charge in [-0.3, -0.25) is 0 Å². The fourth-order valence-corrected chi connectivity index (χ4v) is 16.0. The molecule has 0 aromatic heterocycles. The molecule has 4 nitrogen and oxygen atoms in total. The molecule has 0 aliphatic carbocycles. The molecule has 0 amide bonds. The van der Waals surface area contributed by atoms with Crippen LogP contribution >= 0.6 is 0 Å². The van der Waals surface area contributed by atoms with Crippen LogP contribution in [0.15, 0.2) is 266 Å². The van der Waals surface area contributed by atoms with E-state index >= 15 is 0 Å². The second-order valence-electron chi connectivity index (χ2n) is 25.2. The van der Waals surface area contributed by atoms with Crippen molar-refractivity contribution in [3.05, 3.63) is 311 Å². The molecular formula is C80H74I2N4. The SMILES string of the molecule is CN1C(=CC=CC2=[N+](C)c3ccc4ccccc4c3C2(C)C)C(Cc2ccccc2)(Cc2ccc(CC3(Cc4ccccc4)C(=CC=CC4=[N+](C)c5ccc6ccccc6c5C4(C)C)N(C)c4ccccc43)c3ccccc23)c2ccccc21.[I-].[I-]. The zero-order valence-electron chi connectivity index (χ0n) is 50.6. The van der Waals surface area contributed by atoms with Crippen LogP contribution in [0.1, 0.15) is 72.2 Å². The number of fused-ring (bicyclic) bond motifs is 9. The van der Waals surface area contributed by atoms with E-state index in [1.807, 2.05) is 0 Å². The maximum absolute atomic E-state index is 2.49. The largest absolute Gasteiger partial charge is 1.00 e. The third-order valence-corrected chi connectivity index (χ3v) is 19.9. The van der Waals surface area contributed by atoms with Gasteiger partial charge in [-0.1, -0.05) is 194 Å². The molecule has 86 heavy (non-hydrogen) atoms. The van der Waals surface area contributed by atoms with Gasteiger partial charge < -0.3 is 57.8 Å². The first-order valence-corrected chi connectivity index (χ1v) is 30.1. The maximum atomic E-state index is 2.49. The summed E-state index contributed by atoms with van der Waals surface area (Å²) in [5.74, 6) is 0. The van der Waals surface area contributed by atoms with Crippen LogP contribution in [0.3, 0.4) is 0 Å². The molecule has 428 valence electrons. The van der Waals surface area contributed by atoms with Crippen LogP contribution in [0.5, 0.6) is 0 Å². The number of halogens is 2. The summed E-state index contributed by atoms with van der Waals surface area (Å²) in [6.45, 7) is 9.55. The van der Waals surface area contributed by atoms with Crippen molar-refractivity contribution in [2.24, 2.45) is 0 Å². The van der Waals surface area contributed by atoms with E-state index in [1.54, 1.807) is 0 Å². The highest BCUT2D eigenvalue weighted by Gasteiger charge is 2.50. The lowest BCUT2D eigenvalue weighted by molar-refractivity contribution is -0.401. The molecule has 0 fully saturated rings. The van der Waals surface area contributed by atoms with Crippen molar-refractivity contribution in [3.8, 4) is 0 Å². The quantitative estimate of drug-likeness (QED) is 0.0893. The summed E-state index contributed by atoms with van der Waals surface area (Å²) < 4.78 is 4.82. The Morgan fingerprint density at radius 2 is 0.721 bits per heavy atom. The Balaban J connectivity index is 0.00000362. The molecule has 0 saturated carbocycles. The summed E-state index contributed by atoms with van der Waals surface area (Å²) in [5.41, 5.74) is 20.0. The predicted octanol–water partition coefficient (Wildman–Crippen LogP) is 11.8. The molecule has 4 aliphatic heterocycles. The summed E-state index contributed by atoms with van der Waals surface area (Å²) >= 11 is 0. The highest BCUT2D eigenvalue weighted by atomic mass is 127. The third kappa shape index (κ3) is 9.43. The Morgan fingerprint density at radius 1 is 0.372 bits per heavy atom. The van der Waals surface area contributed by atoms with E-state index < -0.39 is 0 Å². The van der Waals surface area contributed by atoms with Crippen LogP contribution in [0.2, 0.25) is 0 Å². The summed E-state index contributed by atoms with van der Waals surface area (Å²) in [5, 5.41) is 7.85. The Morgan fingerprint density at radius 3 is 1.13 bits per heavy atom. The van der Waals surface area contributed by atoms with Crippen LogP contribution in [0, 0.1) is 0 Å². The molecule has 0 saturated heterocycles. The number of likely N-dealkylation sites (N-methyl/N-ethyl adjacent to an activating group) is 2. The lowest BCUT2D eigenvalue weighted by Crippen LogP contribution is -3.00. The first-order chi connectivity index (χ1) is 40.8. The molecule has 14 rings (SSSR count). The minimum atomic E-state index is -0.388. The number of hydrogen-bond donors (Lipinski definition) is 0. The fraction of sp³-hybridized carbons (Fsp3) is 0.200. The zero-order chi connectivity index (χ0) is 57.5. The standard InChI is InChI=1S/C80H74N4.2HI/c1-77(2)71(83(7)69-49-47-57-31-15-17-35-63(57)75(69)77)41-25-43-73-79(51-55-27-11-9-12-28-55,65-37-21-23-39-67(65)81(73)5)53-59-45-46-60(62-34-20-19-33-61(59)62)54-80(52-56-29-13-10-14-30-56)66-38-22-24-40-68(66)82(6)74(80)44-26-42-72-78(3,4)76-64-36-18-16-32-58(64)48-50-70(76)84(72)8;;/h9-50H,51-54H2,1-8H3;2*1H/q+2;;/p-2. The van der Waals surface area contributed by atoms with E-state index in [4.69, 9.17) is 0 Å². The normalized spacial score (nSPS) is 20.0. The van der Waals surface area contributed by atoms with E-state index in [1.165, 1.54) is 122 Å². The summed E-state index contributed by atoms with van der Waals surface area (Å²) in [6.07, 6.45) is 17.7. The number of rotatable bonds is 12. The van der Waals surface area contributed by atoms with Crippen LogP contribution in [-0.4, -0.2) is 48.8 Å². The van der Waals surface area contributed by atoms with Crippen LogP contribution < -0.4 is 57.8 Å². The second-order valence-corrected chi connectivity index (χ2v) is 25.2. The third-order valence-electron chi connectivity index (χ3n) is 19.9. The number of benzene rings is 10. The van der Waals surface area contributed by atoms with Crippen LogP contribution in [0.4, 0.5) is 22.7 Å². The summed E-state index contributed by atoms with van der Waals surface area (Å²) in [4.78, 5) is 4.95. The molecule has 10 aromatic rings. The number of para-hydroxylation sites is 2. The number of hydrogen-bond acceptors (Lipinski definition) is 2. The van der Waals surface area contributed by atoms with Gasteiger partial charge in [-0.05, 0) is 155 Å². The van der Waals surface area contributed by atoms with Crippen LogP contribution in [-0.2, 0) is 47.3 Å². The van der Waals surface area contributed by atoms with Gasteiger partial charge in [0.25, 0.3) is 0 Å². The minimum absolute atomic E-state index is 0. The summed E-state index contributed by atoms with van der Waals surface area (Å²) in [7, 11) is 9.03. The van der Waals surface area contributed by atoms with Gasteiger partial charge in [0.05, 0.1) is 10.8 Å². The molecule has 4 heterocycles. The van der Waals surface area contributed by atoms with Gasteiger partial charge in [0.2, 0.25) is 11.4 Å². The van der Waals surface area contributed by atoms with E-state index in [9.17, 15) is 0 Å². The van der Waals surface area contributed by atoms with Crippen LogP contribution in [0.25, 0.3) is 32.3 Å². The molecular weight excluding hydrogens is 1270 g/mol. The minimum Gasteiger partial charge on any atom is -1.00 e. The molecule has 0 bridgehead atoms. The van der Waals surface area contributed by atoms with Crippen molar-refractivity contribution in [1.29, 1.82) is 0 Å². The lowest BCUT2D eigenvalue weighted by atomic mass is 9.68. The van der Waals surface area contributed by atoms with Crippen molar-refractivity contribution in [3.63, 3.8) is 0 Å². The molecule has 2 atom stereocenters. The molecule has 4 aliphatic rings. The monoisotopic (exact) mass is 1340 g/mol. The highest BCUT2D eigenvalue weighted by Crippen LogP contribution is 2.55. The van der Waals surface area contributed by atoms with Gasteiger partial charge in [-0.2, -0.15) is 9.15 Å². The molecule has 10 aromatic carbocycles. The highest BCUT2D eigenvalue weighted by molar-refractivity contribution is 6.09. The smallest absolute Gasteiger partial charge is 0.210 e. The molecule has 0 radical (unpaired) electrons. The van der Waals surface area contributed by atoms with Crippen molar-refractivity contribution in [2.75, 3.05) is 38.0 Å². The van der Waals surface area contributed by atoms with Gasteiger partial charge >= 0.3 is 0 Å². The summed E-state index contributed by atoms with van der Waals surface area (Å²) in [6, 6.07) is 81.8. The van der Waals surface area contributed by atoms with Gasteiger partial charge in [-0.25, -0.2) is 0 Å². The maximum Gasteiger partial charge on any atom is 0.210 e. The van der Waals surface area contributed by atoms with Gasteiger partial charge in [0.1, 0.15) is 14.1 Å². The number of nitrogens with zero attached hydrogens (tertiary/aromatic N) is 4. The lowest BCUT2D eigenvalue weighted by Gasteiger charge is -2.35. The first kappa shape index (κ1) is 58.7. The Labute approximate surface area is 543 Å². The van der Waals surface area contributed by atoms with Crippen molar-refractivity contribution in [1.82, 2.24) is 0 Å². The Bertz CT molecular complexity index is 4220. The number of anilines is 2. The van der Waals surface area contributed by atoms with Crippen molar-refractivity contribution < 1.29 is 57.1 Å². The molecule has 2 unspecified atom stereocenters. The second kappa shape index (κ2) is 22.9. The average Bonchev–Trinajstić information content (AvgIpc) is 1.86. The van der Waals surface area contributed by atoms with Gasteiger partial charge in [0, 0.05) is 83.1 Å². The van der Waals surface area contributed by atoms with E-state index in [0.29, 0.717) is 0 Å². The first-order valence-electron chi connectivity index (χ1n) is 30.1. The van der Waals surface area contributed by atoms with Crippen molar-refractivity contribution in [2.45, 2.75) is 75.0 Å². The molecule has 6 heteroatoms. The van der Waals surface area contributed by atoms with Gasteiger partial charge in [-0.15, -0.1) is 0 Å². The zero-order valence-corrected chi connectivity index (χ0v) is 54.9. The van der Waals surface area contributed by atoms with E-state index in [-0.39, 0.29) is 69.6 Å². The van der Waals surface area contributed by atoms with E-state index in [0.717, 1.165) is 25.7 Å². The number of allylic oxidation sites excluding steroid dienone is 8. The Hall–Kier alpha value is -7.66. The Kier molecular flexibility index (Phi) is 15.6. The average molecular weight is 1350 g/mol. The fourth-order valence-electron chi connectivity index (χ4n) is 16.0. The molecule has 0 N–H and O–H groups in total. The van der Waals surface area contributed by atoms with Gasteiger partial charge in [0.15, 0.2) is 11.4 Å².